The first-order valence-corrected chi connectivity index (χ1v) is 6.93. The minimum atomic E-state index is -0.548. The van der Waals surface area contributed by atoms with Gasteiger partial charge in [0, 0.05) is 12.6 Å². The van der Waals surface area contributed by atoms with Gasteiger partial charge < -0.3 is 9.64 Å². The van der Waals surface area contributed by atoms with Crippen LogP contribution in [0.4, 0.5) is 0 Å². The number of rotatable bonds is 4. The van der Waals surface area contributed by atoms with Gasteiger partial charge in [0.05, 0.1) is 13.3 Å². The molecule has 1 amide bonds. The van der Waals surface area contributed by atoms with Crippen LogP contribution in [0.1, 0.15) is 43.1 Å². The monoisotopic (exact) mass is 280 g/mol. The maximum absolute atomic E-state index is 12.3. The topological polar surface area (TPSA) is 77.3 Å². The highest BCUT2D eigenvalue weighted by Gasteiger charge is 2.25. The van der Waals surface area contributed by atoms with Gasteiger partial charge >= 0.3 is 5.97 Å². The Kier molecular flexibility index (Phi) is 4.70. The summed E-state index contributed by atoms with van der Waals surface area (Å²) < 4.78 is 5.94. The van der Waals surface area contributed by atoms with E-state index in [9.17, 15) is 9.59 Å². The highest BCUT2D eigenvalue weighted by Crippen LogP contribution is 2.19. The van der Waals surface area contributed by atoms with Crippen LogP contribution in [0.25, 0.3) is 0 Å². The van der Waals surface area contributed by atoms with Crippen molar-refractivity contribution in [2.75, 3.05) is 13.7 Å². The van der Waals surface area contributed by atoms with E-state index in [1.807, 2.05) is 4.90 Å². The van der Waals surface area contributed by atoms with E-state index >= 15 is 0 Å². The fourth-order valence-corrected chi connectivity index (χ4v) is 2.56. The Morgan fingerprint density at radius 3 is 2.95 bits per heavy atom. The third kappa shape index (κ3) is 3.15. The van der Waals surface area contributed by atoms with E-state index in [0.29, 0.717) is 6.04 Å². The van der Waals surface area contributed by atoms with Crippen LogP contribution in [0.3, 0.4) is 0 Å². The van der Waals surface area contributed by atoms with Crippen molar-refractivity contribution in [2.24, 2.45) is 0 Å². The lowest BCUT2D eigenvalue weighted by Crippen LogP contribution is -2.44. The van der Waals surface area contributed by atoms with Gasteiger partial charge in [-0.2, -0.15) is 0 Å². The summed E-state index contributed by atoms with van der Waals surface area (Å²) in [5.41, 5.74) is 0.117. The molecule has 0 bridgehead atoms. The molecule has 1 aromatic rings. The van der Waals surface area contributed by atoms with E-state index in [0.717, 1.165) is 25.8 Å². The van der Waals surface area contributed by atoms with Crippen LogP contribution in [0.5, 0.6) is 0 Å². The average molecular weight is 280 g/mol. The Balaban J connectivity index is 2.00. The number of hydrogen-bond donors (Lipinski definition) is 0. The number of amides is 1. The largest absolute Gasteiger partial charge is 0.464 e. The van der Waals surface area contributed by atoms with E-state index in [-0.39, 0.29) is 18.1 Å². The lowest BCUT2D eigenvalue weighted by atomic mass is 10.00. The summed E-state index contributed by atoms with van der Waals surface area (Å²) in [5, 5.41) is 7.48. The van der Waals surface area contributed by atoms with Crippen LogP contribution in [-0.4, -0.2) is 51.5 Å². The molecule has 20 heavy (non-hydrogen) atoms. The molecule has 0 N–H and O–H groups in total. The van der Waals surface area contributed by atoms with E-state index in [1.54, 1.807) is 0 Å². The molecule has 0 saturated carbocycles. The molecule has 1 aliphatic rings. The van der Waals surface area contributed by atoms with Crippen LogP contribution < -0.4 is 0 Å². The molecular formula is C13H20N4O3. The fourth-order valence-electron chi connectivity index (χ4n) is 2.56. The Morgan fingerprint density at radius 2 is 2.25 bits per heavy atom. The van der Waals surface area contributed by atoms with Gasteiger partial charge in [0.1, 0.15) is 6.54 Å². The summed E-state index contributed by atoms with van der Waals surface area (Å²) in [6, 6.07) is 0.319. The van der Waals surface area contributed by atoms with Crippen molar-refractivity contribution >= 4 is 11.9 Å². The molecule has 7 nitrogen and oxygen atoms in total. The van der Waals surface area contributed by atoms with Gasteiger partial charge in [0.25, 0.3) is 0 Å². The summed E-state index contributed by atoms with van der Waals surface area (Å²) in [6.07, 6.45) is 5.70. The number of carbonyl (C=O) groups excluding carboxylic acids is 2. The highest BCUT2D eigenvalue weighted by molar-refractivity contribution is 5.86. The number of ether oxygens (including phenoxy) is 1. The van der Waals surface area contributed by atoms with E-state index in [1.165, 1.54) is 24.4 Å². The van der Waals surface area contributed by atoms with E-state index in [2.05, 4.69) is 22.0 Å². The van der Waals surface area contributed by atoms with Crippen molar-refractivity contribution in [3.63, 3.8) is 0 Å². The second-order valence-electron chi connectivity index (χ2n) is 4.94. The first-order chi connectivity index (χ1) is 9.65. The molecule has 1 unspecified atom stereocenters. The quantitative estimate of drug-likeness (QED) is 0.764. The molecule has 1 aromatic heterocycles. The predicted molar refractivity (Wildman–Crippen MR) is 71.0 cm³/mol. The van der Waals surface area contributed by atoms with Crippen LogP contribution in [0, 0.1) is 0 Å². The van der Waals surface area contributed by atoms with Gasteiger partial charge in [0.15, 0.2) is 5.69 Å². The molecular weight excluding hydrogens is 260 g/mol. The molecule has 0 aliphatic carbocycles. The number of nitrogens with zero attached hydrogens (tertiary/aromatic N) is 4. The second-order valence-corrected chi connectivity index (χ2v) is 4.94. The number of hydrogen-bond acceptors (Lipinski definition) is 5. The van der Waals surface area contributed by atoms with Gasteiger partial charge in [-0.3, -0.25) is 4.79 Å². The Hall–Kier alpha value is -1.92. The maximum Gasteiger partial charge on any atom is 0.360 e. The summed E-state index contributed by atoms with van der Waals surface area (Å²) in [7, 11) is 1.28. The smallest absolute Gasteiger partial charge is 0.360 e. The first-order valence-electron chi connectivity index (χ1n) is 6.93. The third-order valence-electron chi connectivity index (χ3n) is 3.65. The van der Waals surface area contributed by atoms with Gasteiger partial charge in [0.2, 0.25) is 5.91 Å². The number of carbonyl (C=O) groups is 2. The average Bonchev–Trinajstić information content (AvgIpc) is 2.94. The number of esters is 1. The third-order valence-corrected chi connectivity index (χ3v) is 3.65. The number of methoxy groups -OCH3 is 1. The molecule has 1 atom stereocenters. The normalized spacial score (nSPS) is 18.9. The lowest BCUT2D eigenvalue weighted by Gasteiger charge is -2.35. The number of aromatic nitrogens is 3. The molecule has 110 valence electrons. The second kappa shape index (κ2) is 6.49. The molecule has 0 radical (unpaired) electrons. The van der Waals surface area contributed by atoms with Crippen LogP contribution in [-0.2, 0) is 16.1 Å². The maximum atomic E-state index is 12.3. The molecule has 2 heterocycles. The van der Waals surface area contributed by atoms with Gasteiger partial charge in [-0.15, -0.1) is 5.10 Å². The standard InChI is InChI=1S/C13H20N4O3/c1-3-10-6-4-5-7-17(10)12(18)9-16-8-11(14-15-16)13(19)20-2/h8,10H,3-7,9H2,1-2H3. The predicted octanol–water partition coefficient (Wildman–Crippen LogP) is 0.856. The van der Waals surface area contributed by atoms with Crippen molar-refractivity contribution in [1.29, 1.82) is 0 Å². The summed E-state index contributed by atoms with van der Waals surface area (Å²) in [5.74, 6) is -0.522. The Labute approximate surface area is 117 Å². The van der Waals surface area contributed by atoms with Gasteiger partial charge in [-0.1, -0.05) is 12.1 Å². The Bertz CT molecular complexity index is 486. The molecule has 0 aromatic carbocycles. The first kappa shape index (κ1) is 14.5. The lowest BCUT2D eigenvalue weighted by molar-refractivity contribution is -0.135. The zero-order valence-corrected chi connectivity index (χ0v) is 11.9. The SMILES string of the molecule is CCC1CCCCN1C(=O)Cn1cc(C(=O)OC)nn1. The van der Waals surface area contributed by atoms with Crippen molar-refractivity contribution in [1.82, 2.24) is 19.9 Å². The highest BCUT2D eigenvalue weighted by atomic mass is 16.5. The van der Waals surface area contributed by atoms with Crippen molar-refractivity contribution in [3.8, 4) is 0 Å². The molecule has 2 rings (SSSR count). The van der Waals surface area contributed by atoms with Crippen molar-refractivity contribution in [3.05, 3.63) is 11.9 Å². The number of piperidine rings is 1. The van der Waals surface area contributed by atoms with Crippen LogP contribution in [0.15, 0.2) is 6.20 Å². The van der Waals surface area contributed by atoms with E-state index < -0.39 is 5.97 Å². The zero-order chi connectivity index (χ0) is 14.5. The summed E-state index contributed by atoms with van der Waals surface area (Å²) in [4.78, 5) is 25.5. The minimum Gasteiger partial charge on any atom is -0.464 e. The van der Waals surface area contributed by atoms with Gasteiger partial charge in [-0.05, 0) is 25.7 Å². The zero-order valence-electron chi connectivity index (χ0n) is 11.9. The molecule has 1 aliphatic heterocycles. The molecule has 0 spiro atoms. The molecule has 1 fully saturated rings. The van der Waals surface area contributed by atoms with Crippen LogP contribution >= 0.6 is 0 Å². The van der Waals surface area contributed by atoms with Crippen molar-refractivity contribution < 1.29 is 14.3 Å². The molecule has 7 heteroatoms. The summed E-state index contributed by atoms with van der Waals surface area (Å²) >= 11 is 0. The minimum absolute atomic E-state index is 0.0258. The van der Waals surface area contributed by atoms with Gasteiger partial charge in [-0.25, -0.2) is 9.48 Å². The fraction of sp³-hybridized carbons (Fsp3) is 0.692. The molecule has 1 saturated heterocycles. The number of likely N-dealkylation sites (tertiary alicyclic amines) is 1. The van der Waals surface area contributed by atoms with Crippen LogP contribution in [0.2, 0.25) is 0 Å². The van der Waals surface area contributed by atoms with Crippen molar-refractivity contribution in [2.45, 2.75) is 45.2 Å². The Morgan fingerprint density at radius 1 is 1.45 bits per heavy atom. The van der Waals surface area contributed by atoms with E-state index in [4.69, 9.17) is 0 Å². The summed E-state index contributed by atoms with van der Waals surface area (Å²) in [6.45, 7) is 3.01.